The van der Waals surface area contributed by atoms with Gasteiger partial charge in [-0.2, -0.15) is 0 Å². The van der Waals surface area contributed by atoms with Crippen molar-refractivity contribution >= 4 is 27.3 Å². The van der Waals surface area contributed by atoms with Crippen LogP contribution in [0.1, 0.15) is 22.9 Å². The Labute approximate surface area is 108 Å². The van der Waals surface area contributed by atoms with Gasteiger partial charge in [0.1, 0.15) is 5.60 Å². The number of aliphatic hydroxyl groups is 1. The van der Waals surface area contributed by atoms with Crippen LogP contribution in [-0.2, 0) is 5.60 Å². The molecule has 0 radical (unpaired) electrons. The maximum absolute atomic E-state index is 10.6. The number of benzene rings is 1. The fourth-order valence-corrected chi connectivity index (χ4v) is 2.89. The van der Waals surface area contributed by atoms with Crippen LogP contribution in [0.2, 0.25) is 0 Å². The van der Waals surface area contributed by atoms with Crippen molar-refractivity contribution in [3.8, 4) is 0 Å². The molecule has 3 heteroatoms. The Hall–Kier alpha value is -0.640. The highest BCUT2D eigenvalue weighted by Crippen LogP contribution is 2.34. The molecule has 0 aliphatic rings. The van der Waals surface area contributed by atoms with Gasteiger partial charge in [0, 0.05) is 14.9 Å². The van der Waals surface area contributed by atoms with E-state index in [2.05, 4.69) is 15.9 Å². The van der Waals surface area contributed by atoms with Crippen molar-refractivity contribution in [3.05, 3.63) is 56.2 Å². The molecule has 0 aliphatic heterocycles. The SMILES string of the molecule is Cc1sccc1C(C)(O)c1ccc(Br)cc1. The zero-order valence-electron chi connectivity index (χ0n) is 9.20. The zero-order valence-corrected chi connectivity index (χ0v) is 11.6. The molecule has 84 valence electrons. The van der Waals surface area contributed by atoms with Gasteiger partial charge in [0.05, 0.1) is 0 Å². The average Bonchev–Trinajstić information content (AvgIpc) is 2.66. The van der Waals surface area contributed by atoms with Crippen molar-refractivity contribution in [2.45, 2.75) is 19.4 Å². The van der Waals surface area contributed by atoms with E-state index in [-0.39, 0.29) is 0 Å². The first-order valence-electron chi connectivity index (χ1n) is 5.05. The fraction of sp³-hybridized carbons (Fsp3) is 0.231. The number of aryl methyl sites for hydroxylation is 1. The summed E-state index contributed by atoms with van der Waals surface area (Å²) in [6, 6.07) is 9.78. The minimum absolute atomic E-state index is 0.912. The molecule has 2 aromatic rings. The molecular weight excluding hydrogens is 284 g/mol. The van der Waals surface area contributed by atoms with Crippen molar-refractivity contribution in [2.24, 2.45) is 0 Å². The second-order valence-electron chi connectivity index (χ2n) is 3.97. The molecule has 0 aliphatic carbocycles. The van der Waals surface area contributed by atoms with E-state index < -0.39 is 5.60 Å². The lowest BCUT2D eigenvalue weighted by atomic mass is 9.89. The largest absolute Gasteiger partial charge is 0.381 e. The van der Waals surface area contributed by atoms with Crippen LogP contribution >= 0.6 is 27.3 Å². The second kappa shape index (κ2) is 4.32. The topological polar surface area (TPSA) is 20.2 Å². The highest BCUT2D eigenvalue weighted by atomic mass is 79.9. The lowest BCUT2D eigenvalue weighted by Gasteiger charge is -2.24. The summed E-state index contributed by atoms with van der Waals surface area (Å²) in [6.07, 6.45) is 0. The zero-order chi connectivity index (χ0) is 11.8. The Bertz CT molecular complexity index is 485. The highest BCUT2D eigenvalue weighted by molar-refractivity contribution is 9.10. The monoisotopic (exact) mass is 296 g/mol. The predicted molar refractivity (Wildman–Crippen MR) is 71.9 cm³/mol. The van der Waals surface area contributed by atoms with Crippen LogP contribution in [0.25, 0.3) is 0 Å². The van der Waals surface area contributed by atoms with E-state index in [4.69, 9.17) is 0 Å². The molecule has 0 saturated heterocycles. The van der Waals surface area contributed by atoms with Crippen molar-refractivity contribution in [1.82, 2.24) is 0 Å². The van der Waals surface area contributed by atoms with Gasteiger partial charge >= 0.3 is 0 Å². The van der Waals surface area contributed by atoms with E-state index >= 15 is 0 Å². The van der Waals surface area contributed by atoms with Gasteiger partial charge in [-0.05, 0) is 43.0 Å². The second-order valence-corrected chi connectivity index (χ2v) is 6.01. The molecule has 1 N–H and O–H groups in total. The van der Waals surface area contributed by atoms with Gasteiger partial charge in [0.15, 0.2) is 0 Å². The summed E-state index contributed by atoms with van der Waals surface area (Å²) in [6.45, 7) is 3.87. The van der Waals surface area contributed by atoms with Gasteiger partial charge in [0.2, 0.25) is 0 Å². The predicted octanol–water partition coefficient (Wildman–Crippen LogP) is 4.07. The van der Waals surface area contributed by atoms with E-state index in [1.165, 1.54) is 0 Å². The van der Waals surface area contributed by atoms with E-state index in [1.807, 2.05) is 49.6 Å². The summed E-state index contributed by atoms with van der Waals surface area (Å²) >= 11 is 5.06. The summed E-state index contributed by atoms with van der Waals surface area (Å²) in [4.78, 5) is 1.16. The van der Waals surface area contributed by atoms with Crippen molar-refractivity contribution < 1.29 is 5.11 Å². The van der Waals surface area contributed by atoms with Gasteiger partial charge < -0.3 is 5.11 Å². The van der Waals surface area contributed by atoms with E-state index in [9.17, 15) is 5.11 Å². The Kier molecular flexibility index (Phi) is 3.19. The molecule has 16 heavy (non-hydrogen) atoms. The first-order valence-corrected chi connectivity index (χ1v) is 6.72. The van der Waals surface area contributed by atoms with Crippen LogP contribution in [0.15, 0.2) is 40.2 Å². The minimum Gasteiger partial charge on any atom is -0.381 e. The summed E-state index contributed by atoms with van der Waals surface area (Å²) in [5, 5.41) is 12.6. The average molecular weight is 297 g/mol. The summed E-state index contributed by atoms with van der Waals surface area (Å²) in [7, 11) is 0. The van der Waals surface area contributed by atoms with Crippen LogP contribution in [0.4, 0.5) is 0 Å². The van der Waals surface area contributed by atoms with E-state index in [1.54, 1.807) is 11.3 Å². The normalized spacial score (nSPS) is 14.8. The highest BCUT2D eigenvalue weighted by Gasteiger charge is 2.27. The van der Waals surface area contributed by atoms with Crippen LogP contribution in [-0.4, -0.2) is 5.11 Å². The molecule has 2 rings (SSSR count). The van der Waals surface area contributed by atoms with Gasteiger partial charge in [-0.25, -0.2) is 0 Å². The maximum atomic E-state index is 10.6. The Balaban J connectivity index is 2.46. The molecule has 1 heterocycles. The van der Waals surface area contributed by atoms with Gasteiger partial charge in [-0.15, -0.1) is 11.3 Å². The van der Waals surface area contributed by atoms with Crippen LogP contribution in [0, 0.1) is 6.92 Å². The molecule has 0 bridgehead atoms. The van der Waals surface area contributed by atoms with Crippen LogP contribution < -0.4 is 0 Å². The Morgan fingerprint density at radius 3 is 2.31 bits per heavy atom. The molecule has 1 nitrogen and oxygen atoms in total. The van der Waals surface area contributed by atoms with Gasteiger partial charge in [-0.3, -0.25) is 0 Å². The number of hydrogen-bond acceptors (Lipinski definition) is 2. The third kappa shape index (κ3) is 2.08. The Morgan fingerprint density at radius 1 is 1.19 bits per heavy atom. The van der Waals surface area contributed by atoms with E-state index in [0.717, 1.165) is 20.5 Å². The minimum atomic E-state index is -0.912. The summed E-state index contributed by atoms with van der Waals surface area (Å²) in [5.41, 5.74) is 0.988. The van der Waals surface area contributed by atoms with Crippen LogP contribution in [0.5, 0.6) is 0 Å². The number of rotatable bonds is 2. The van der Waals surface area contributed by atoms with Gasteiger partial charge in [0.25, 0.3) is 0 Å². The van der Waals surface area contributed by atoms with Crippen LogP contribution in [0.3, 0.4) is 0 Å². The lowest BCUT2D eigenvalue weighted by Crippen LogP contribution is -2.22. The number of hydrogen-bond donors (Lipinski definition) is 1. The molecule has 0 saturated carbocycles. The molecule has 1 aromatic heterocycles. The summed E-state index contributed by atoms with van der Waals surface area (Å²) < 4.78 is 1.02. The summed E-state index contributed by atoms with van der Waals surface area (Å²) in [5.74, 6) is 0. The van der Waals surface area contributed by atoms with E-state index in [0.29, 0.717) is 0 Å². The molecule has 0 fully saturated rings. The lowest BCUT2D eigenvalue weighted by molar-refractivity contribution is 0.102. The molecule has 1 unspecified atom stereocenters. The molecule has 1 aromatic carbocycles. The van der Waals surface area contributed by atoms with Crippen molar-refractivity contribution in [1.29, 1.82) is 0 Å². The third-order valence-electron chi connectivity index (χ3n) is 2.79. The fourth-order valence-electron chi connectivity index (χ4n) is 1.82. The van der Waals surface area contributed by atoms with Crippen molar-refractivity contribution in [3.63, 3.8) is 0 Å². The first-order chi connectivity index (χ1) is 7.51. The smallest absolute Gasteiger partial charge is 0.113 e. The van der Waals surface area contributed by atoms with Crippen molar-refractivity contribution in [2.75, 3.05) is 0 Å². The van der Waals surface area contributed by atoms with Gasteiger partial charge in [-0.1, -0.05) is 28.1 Å². The Morgan fingerprint density at radius 2 is 1.81 bits per heavy atom. The quantitative estimate of drug-likeness (QED) is 0.885. The number of thiophene rings is 1. The molecule has 0 spiro atoms. The maximum Gasteiger partial charge on any atom is 0.113 e. The first kappa shape index (κ1) is 11.8. The molecular formula is C13H13BrOS. The number of halogens is 1. The third-order valence-corrected chi connectivity index (χ3v) is 4.16. The molecule has 0 amide bonds. The standard InChI is InChI=1S/C13H13BrOS/c1-9-12(7-8-16-9)13(2,15)10-3-5-11(14)6-4-10/h3-8,15H,1-2H3. The molecule has 1 atom stereocenters.